The molecule has 1 aliphatic carbocycles. The summed E-state index contributed by atoms with van der Waals surface area (Å²) in [4.78, 5) is 24.1. The number of H-pyrrole nitrogens is 1. The van der Waals surface area contributed by atoms with E-state index in [2.05, 4.69) is 20.1 Å². The number of hydrogen-bond acceptors (Lipinski definition) is 5. The predicted molar refractivity (Wildman–Crippen MR) is 117 cm³/mol. The normalized spacial score (nSPS) is 16.3. The van der Waals surface area contributed by atoms with E-state index in [9.17, 15) is 18.0 Å². The number of anilines is 1. The summed E-state index contributed by atoms with van der Waals surface area (Å²) in [6.45, 7) is 0. The first-order valence-corrected chi connectivity index (χ1v) is 10.6. The Hall–Kier alpha value is -3.69. The van der Waals surface area contributed by atoms with Crippen LogP contribution in [0.3, 0.4) is 0 Å². The van der Waals surface area contributed by atoms with Gasteiger partial charge in [0.05, 0.1) is 12.2 Å². The molecule has 0 bridgehead atoms. The molecule has 0 spiro atoms. The first-order chi connectivity index (χ1) is 15.8. The van der Waals surface area contributed by atoms with Crippen molar-refractivity contribution in [2.45, 2.75) is 44.1 Å². The number of halogens is 3. The molecule has 0 aliphatic heterocycles. The lowest BCUT2D eigenvalue weighted by molar-refractivity contribution is -0.0446. The summed E-state index contributed by atoms with van der Waals surface area (Å²) in [5, 5.41) is 4.58. The standard InChI is InChI=1S/C23H21F3N6O/c24-15-3-1-13(17(10-15)14-2-4-19(27)28-11-14)9-20-30-21-18(22(33)31-20)12-29-32(21)16-5-7-23(25,26)8-6-16/h1-4,10-12,16H,5-9H2,(H2,27,28)(H,30,31,33). The lowest BCUT2D eigenvalue weighted by Gasteiger charge is -2.28. The Labute approximate surface area is 186 Å². The van der Waals surface area contributed by atoms with Crippen LogP contribution in [0, 0.1) is 5.82 Å². The van der Waals surface area contributed by atoms with Gasteiger partial charge in [-0.05, 0) is 48.2 Å². The fourth-order valence-electron chi connectivity index (χ4n) is 4.32. The summed E-state index contributed by atoms with van der Waals surface area (Å²) in [6.07, 6.45) is 3.29. The molecule has 1 saturated carbocycles. The van der Waals surface area contributed by atoms with Gasteiger partial charge in [-0.3, -0.25) is 4.79 Å². The molecular formula is C23H21F3N6O. The summed E-state index contributed by atoms with van der Waals surface area (Å²) in [5.41, 5.74) is 7.67. The molecule has 1 aromatic carbocycles. The molecule has 7 nitrogen and oxygen atoms in total. The molecule has 3 aromatic heterocycles. The van der Waals surface area contributed by atoms with Crippen LogP contribution in [0.5, 0.6) is 0 Å². The SMILES string of the molecule is Nc1ccc(-c2cc(F)ccc2Cc2nc3c(cnn3C3CCC(F)(F)CC3)c(=O)[nH]2)cn1. The van der Waals surface area contributed by atoms with E-state index in [1.807, 2.05) is 0 Å². The van der Waals surface area contributed by atoms with Crippen molar-refractivity contribution >= 4 is 16.9 Å². The fourth-order valence-corrected chi connectivity index (χ4v) is 4.32. The van der Waals surface area contributed by atoms with E-state index < -0.39 is 11.7 Å². The molecule has 0 saturated heterocycles. The monoisotopic (exact) mass is 454 g/mol. The number of hydrogen-bond donors (Lipinski definition) is 2. The van der Waals surface area contributed by atoms with Gasteiger partial charge < -0.3 is 10.7 Å². The van der Waals surface area contributed by atoms with Crippen molar-refractivity contribution in [1.29, 1.82) is 0 Å². The minimum atomic E-state index is -2.66. The molecule has 33 heavy (non-hydrogen) atoms. The summed E-state index contributed by atoms with van der Waals surface area (Å²) < 4.78 is 42.8. The van der Waals surface area contributed by atoms with Crippen molar-refractivity contribution in [3.05, 3.63) is 70.3 Å². The number of fused-ring (bicyclic) bond motifs is 1. The maximum Gasteiger partial charge on any atom is 0.262 e. The van der Waals surface area contributed by atoms with E-state index >= 15 is 0 Å². The molecule has 0 radical (unpaired) electrons. The number of benzene rings is 1. The number of nitrogen functional groups attached to an aromatic ring is 1. The van der Waals surface area contributed by atoms with Gasteiger partial charge in [0.15, 0.2) is 5.65 Å². The van der Waals surface area contributed by atoms with Crippen molar-refractivity contribution in [2.24, 2.45) is 0 Å². The molecule has 0 atom stereocenters. The Morgan fingerprint density at radius 3 is 2.67 bits per heavy atom. The summed E-state index contributed by atoms with van der Waals surface area (Å²) in [5.74, 6) is -2.35. The van der Waals surface area contributed by atoms with E-state index in [-0.39, 0.29) is 43.7 Å². The van der Waals surface area contributed by atoms with Gasteiger partial charge in [0.2, 0.25) is 5.92 Å². The first kappa shape index (κ1) is 21.2. The van der Waals surface area contributed by atoms with Gasteiger partial charge in [0.25, 0.3) is 5.56 Å². The second-order valence-electron chi connectivity index (χ2n) is 8.38. The van der Waals surface area contributed by atoms with Crippen LogP contribution in [0.25, 0.3) is 22.2 Å². The minimum Gasteiger partial charge on any atom is -0.384 e. The van der Waals surface area contributed by atoms with E-state index in [0.29, 0.717) is 33.8 Å². The third kappa shape index (κ3) is 4.20. The Morgan fingerprint density at radius 2 is 1.94 bits per heavy atom. The molecule has 0 amide bonds. The molecule has 0 unspecified atom stereocenters. The van der Waals surface area contributed by atoms with Gasteiger partial charge in [-0.2, -0.15) is 5.10 Å². The number of alkyl halides is 2. The molecule has 5 rings (SSSR count). The molecule has 170 valence electrons. The van der Waals surface area contributed by atoms with E-state index in [4.69, 9.17) is 5.73 Å². The molecule has 10 heteroatoms. The highest BCUT2D eigenvalue weighted by Gasteiger charge is 2.36. The molecule has 3 N–H and O–H groups in total. The van der Waals surface area contributed by atoms with Gasteiger partial charge in [-0.1, -0.05) is 6.07 Å². The van der Waals surface area contributed by atoms with Crippen LogP contribution in [0.2, 0.25) is 0 Å². The average molecular weight is 454 g/mol. The molecule has 3 heterocycles. The van der Waals surface area contributed by atoms with E-state index in [1.54, 1.807) is 29.1 Å². The Bertz CT molecular complexity index is 1370. The van der Waals surface area contributed by atoms with Crippen LogP contribution in [0.15, 0.2) is 47.5 Å². The van der Waals surface area contributed by atoms with Gasteiger partial charge in [-0.15, -0.1) is 0 Å². The Kier molecular flexibility index (Phi) is 5.15. The van der Waals surface area contributed by atoms with Gasteiger partial charge in [-0.25, -0.2) is 27.8 Å². The highest BCUT2D eigenvalue weighted by atomic mass is 19.3. The van der Waals surface area contributed by atoms with Crippen LogP contribution < -0.4 is 11.3 Å². The van der Waals surface area contributed by atoms with Gasteiger partial charge in [0.1, 0.15) is 22.8 Å². The van der Waals surface area contributed by atoms with Crippen LogP contribution >= 0.6 is 0 Å². The van der Waals surface area contributed by atoms with Crippen molar-refractivity contribution in [3.63, 3.8) is 0 Å². The van der Waals surface area contributed by atoms with Crippen molar-refractivity contribution in [2.75, 3.05) is 5.73 Å². The lowest BCUT2D eigenvalue weighted by atomic mass is 9.92. The van der Waals surface area contributed by atoms with Crippen molar-refractivity contribution in [1.82, 2.24) is 24.7 Å². The maximum absolute atomic E-state index is 14.0. The molecule has 1 aliphatic rings. The van der Waals surface area contributed by atoms with E-state index in [0.717, 1.165) is 5.56 Å². The second-order valence-corrected chi connectivity index (χ2v) is 8.38. The third-order valence-corrected chi connectivity index (χ3v) is 6.07. The summed E-state index contributed by atoms with van der Waals surface area (Å²) in [6, 6.07) is 7.49. The largest absolute Gasteiger partial charge is 0.384 e. The second kappa shape index (κ2) is 8.02. The Morgan fingerprint density at radius 1 is 1.15 bits per heavy atom. The molecule has 1 fully saturated rings. The molecular weight excluding hydrogens is 433 g/mol. The highest BCUT2D eigenvalue weighted by molar-refractivity contribution is 5.73. The van der Waals surface area contributed by atoms with Crippen molar-refractivity contribution in [3.8, 4) is 11.1 Å². The average Bonchev–Trinajstić information content (AvgIpc) is 3.20. The van der Waals surface area contributed by atoms with Crippen molar-refractivity contribution < 1.29 is 13.2 Å². The minimum absolute atomic E-state index is 0.219. The zero-order valence-corrected chi connectivity index (χ0v) is 17.6. The number of pyridine rings is 1. The quantitative estimate of drug-likeness (QED) is 0.480. The lowest BCUT2D eigenvalue weighted by Crippen LogP contribution is -2.27. The zero-order chi connectivity index (χ0) is 23.2. The zero-order valence-electron chi connectivity index (χ0n) is 17.6. The highest BCUT2D eigenvalue weighted by Crippen LogP contribution is 2.38. The first-order valence-electron chi connectivity index (χ1n) is 10.6. The van der Waals surface area contributed by atoms with E-state index in [1.165, 1.54) is 18.3 Å². The van der Waals surface area contributed by atoms with Gasteiger partial charge in [0, 0.05) is 31.0 Å². The topological polar surface area (TPSA) is 102 Å². The number of aromatic amines is 1. The fraction of sp³-hybridized carbons (Fsp3) is 0.304. The van der Waals surface area contributed by atoms with Crippen LogP contribution in [-0.2, 0) is 6.42 Å². The number of nitrogens with two attached hydrogens (primary N) is 1. The summed E-state index contributed by atoms with van der Waals surface area (Å²) >= 11 is 0. The smallest absolute Gasteiger partial charge is 0.262 e. The summed E-state index contributed by atoms with van der Waals surface area (Å²) in [7, 11) is 0. The maximum atomic E-state index is 14.0. The molecule has 4 aromatic rings. The Balaban J connectivity index is 1.52. The third-order valence-electron chi connectivity index (χ3n) is 6.07. The number of aromatic nitrogens is 5. The van der Waals surface area contributed by atoms with Gasteiger partial charge >= 0.3 is 0 Å². The van der Waals surface area contributed by atoms with Crippen LogP contribution in [0.4, 0.5) is 19.0 Å². The van der Waals surface area contributed by atoms with Crippen LogP contribution in [-0.4, -0.2) is 30.7 Å². The number of nitrogens with one attached hydrogen (secondary N) is 1. The number of nitrogens with zero attached hydrogens (tertiary/aromatic N) is 4. The predicted octanol–water partition coefficient (Wildman–Crippen LogP) is 4.24. The number of rotatable bonds is 4. The van der Waals surface area contributed by atoms with Crippen LogP contribution in [0.1, 0.15) is 43.1 Å².